The molecule has 0 saturated carbocycles. The third-order valence-electron chi connectivity index (χ3n) is 1.50. The molecule has 1 heterocycles. The summed E-state index contributed by atoms with van der Waals surface area (Å²) >= 11 is 0. The number of carboxylic acids is 1. The number of nitrogens with two attached hydrogens (primary N) is 1. The maximum Gasteiger partial charge on any atom is 0.326 e. The summed E-state index contributed by atoms with van der Waals surface area (Å²) in [5, 5.41) is 8.55. The zero-order valence-corrected chi connectivity index (χ0v) is 6.68. The summed E-state index contributed by atoms with van der Waals surface area (Å²) in [5.41, 5.74) is 5.64. The van der Waals surface area contributed by atoms with E-state index in [9.17, 15) is 9.59 Å². The first kappa shape index (κ1) is 9.34. The van der Waals surface area contributed by atoms with E-state index in [0.29, 0.717) is 6.29 Å². The molecule has 1 aromatic rings. The summed E-state index contributed by atoms with van der Waals surface area (Å²) < 4.78 is 0. The molecular weight excluding hydrogens is 172 g/mol. The molecule has 0 amide bonds. The maximum atomic E-state index is 10.4. The average Bonchev–Trinajstić information content (AvgIpc) is 2.16. The topological polar surface area (TPSA) is 93.3 Å². The first-order chi connectivity index (χ1) is 6.15. The fourth-order valence-corrected chi connectivity index (χ4v) is 0.834. The van der Waals surface area contributed by atoms with Gasteiger partial charge in [-0.15, -0.1) is 0 Å². The smallest absolute Gasteiger partial charge is 0.326 e. The van der Waals surface area contributed by atoms with Crippen molar-refractivity contribution in [3.8, 4) is 0 Å². The zero-order valence-electron chi connectivity index (χ0n) is 6.68. The van der Waals surface area contributed by atoms with Crippen LogP contribution in [0.25, 0.3) is 0 Å². The fraction of sp³-hybridized carbons (Fsp3) is 0.125. The molecule has 13 heavy (non-hydrogen) atoms. The Kier molecular flexibility index (Phi) is 2.71. The molecule has 5 heteroatoms. The highest BCUT2D eigenvalue weighted by molar-refractivity contribution is 5.76. The molecule has 0 spiro atoms. The quantitative estimate of drug-likeness (QED) is 0.637. The third kappa shape index (κ3) is 2.09. The van der Waals surface area contributed by atoms with Crippen molar-refractivity contribution in [2.24, 2.45) is 5.73 Å². The van der Waals surface area contributed by atoms with Crippen molar-refractivity contribution in [3.05, 3.63) is 29.6 Å². The Morgan fingerprint density at radius 2 is 2.31 bits per heavy atom. The van der Waals surface area contributed by atoms with Crippen LogP contribution in [0.15, 0.2) is 18.2 Å². The van der Waals surface area contributed by atoms with Crippen LogP contribution >= 0.6 is 0 Å². The predicted molar refractivity (Wildman–Crippen MR) is 44.2 cm³/mol. The van der Waals surface area contributed by atoms with Gasteiger partial charge in [0.1, 0.15) is 11.7 Å². The van der Waals surface area contributed by atoms with Crippen LogP contribution < -0.4 is 5.73 Å². The monoisotopic (exact) mass is 180 g/mol. The van der Waals surface area contributed by atoms with Crippen molar-refractivity contribution < 1.29 is 14.7 Å². The molecule has 1 rings (SSSR count). The minimum Gasteiger partial charge on any atom is -0.480 e. The van der Waals surface area contributed by atoms with Gasteiger partial charge in [-0.2, -0.15) is 0 Å². The standard InChI is InChI=1S/C8H8N2O3/c9-7(8(12)13)6-3-1-2-5(4-11)10-6/h1-4,7H,9H2,(H,12,13). The van der Waals surface area contributed by atoms with Gasteiger partial charge < -0.3 is 10.8 Å². The normalized spacial score (nSPS) is 12.1. The van der Waals surface area contributed by atoms with E-state index in [1.165, 1.54) is 18.2 Å². The van der Waals surface area contributed by atoms with Gasteiger partial charge >= 0.3 is 5.97 Å². The van der Waals surface area contributed by atoms with Gasteiger partial charge in [0, 0.05) is 0 Å². The molecule has 0 fully saturated rings. The van der Waals surface area contributed by atoms with E-state index >= 15 is 0 Å². The van der Waals surface area contributed by atoms with Crippen molar-refractivity contribution in [2.45, 2.75) is 6.04 Å². The van der Waals surface area contributed by atoms with Crippen molar-refractivity contribution in [1.29, 1.82) is 0 Å². The number of carboxylic acid groups (broad SMARTS) is 1. The van der Waals surface area contributed by atoms with Crippen molar-refractivity contribution >= 4 is 12.3 Å². The van der Waals surface area contributed by atoms with Gasteiger partial charge in [0.15, 0.2) is 6.29 Å². The lowest BCUT2D eigenvalue weighted by molar-refractivity contribution is -0.138. The Labute approximate surface area is 74.2 Å². The minimum atomic E-state index is -1.18. The summed E-state index contributed by atoms with van der Waals surface area (Å²) in [6.07, 6.45) is 0.540. The van der Waals surface area contributed by atoms with Crippen LogP contribution in [0, 0.1) is 0 Å². The van der Waals surface area contributed by atoms with Gasteiger partial charge in [-0.3, -0.25) is 9.59 Å². The molecule has 1 aromatic heterocycles. The third-order valence-corrected chi connectivity index (χ3v) is 1.50. The molecule has 0 aliphatic rings. The molecule has 0 bridgehead atoms. The van der Waals surface area contributed by atoms with Crippen molar-refractivity contribution in [2.75, 3.05) is 0 Å². The van der Waals surface area contributed by atoms with Gasteiger partial charge in [0.2, 0.25) is 0 Å². The second kappa shape index (κ2) is 3.77. The lowest BCUT2D eigenvalue weighted by Crippen LogP contribution is -2.22. The highest BCUT2D eigenvalue weighted by atomic mass is 16.4. The Morgan fingerprint density at radius 3 is 2.85 bits per heavy atom. The van der Waals surface area contributed by atoms with Gasteiger partial charge in [0.25, 0.3) is 0 Å². The molecule has 68 valence electrons. The Hall–Kier alpha value is -1.75. The van der Waals surface area contributed by atoms with Crippen LogP contribution in [0.1, 0.15) is 22.2 Å². The van der Waals surface area contributed by atoms with Crippen molar-refractivity contribution in [3.63, 3.8) is 0 Å². The highest BCUT2D eigenvalue weighted by Gasteiger charge is 2.15. The van der Waals surface area contributed by atoms with E-state index < -0.39 is 12.0 Å². The van der Waals surface area contributed by atoms with Crippen LogP contribution in [0.3, 0.4) is 0 Å². The van der Waals surface area contributed by atoms with Gasteiger partial charge in [-0.05, 0) is 12.1 Å². The van der Waals surface area contributed by atoms with Crippen LogP contribution in [0.2, 0.25) is 0 Å². The molecule has 0 aliphatic carbocycles. The van der Waals surface area contributed by atoms with Crippen LogP contribution in [0.4, 0.5) is 0 Å². The average molecular weight is 180 g/mol. The largest absolute Gasteiger partial charge is 0.480 e. The lowest BCUT2D eigenvalue weighted by atomic mass is 10.2. The van der Waals surface area contributed by atoms with E-state index in [1.807, 2.05) is 0 Å². The minimum absolute atomic E-state index is 0.175. The summed E-state index contributed by atoms with van der Waals surface area (Å²) in [7, 11) is 0. The summed E-state index contributed by atoms with van der Waals surface area (Å²) in [4.78, 5) is 24.5. The first-order valence-electron chi connectivity index (χ1n) is 3.55. The number of hydrogen-bond donors (Lipinski definition) is 2. The fourth-order valence-electron chi connectivity index (χ4n) is 0.834. The number of aliphatic carboxylic acids is 1. The van der Waals surface area contributed by atoms with E-state index in [4.69, 9.17) is 10.8 Å². The summed E-state index contributed by atoms with van der Waals surface area (Å²) in [6, 6.07) is 3.30. The molecule has 0 radical (unpaired) electrons. The van der Waals surface area contributed by atoms with E-state index in [1.54, 1.807) is 0 Å². The van der Waals surface area contributed by atoms with Crippen LogP contribution in [0.5, 0.6) is 0 Å². The van der Waals surface area contributed by atoms with Gasteiger partial charge in [-0.1, -0.05) is 6.07 Å². The molecule has 1 unspecified atom stereocenters. The van der Waals surface area contributed by atoms with Crippen molar-refractivity contribution in [1.82, 2.24) is 4.98 Å². The first-order valence-corrected chi connectivity index (χ1v) is 3.55. The molecular formula is C8H8N2O3. The number of hydrogen-bond acceptors (Lipinski definition) is 4. The Balaban J connectivity index is 3.01. The number of carbonyl (C=O) groups excluding carboxylic acids is 1. The van der Waals surface area contributed by atoms with E-state index in [-0.39, 0.29) is 11.4 Å². The Morgan fingerprint density at radius 1 is 1.62 bits per heavy atom. The molecule has 0 aromatic carbocycles. The van der Waals surface area contributed by atoms with Crippen LogP contribution in [-0.2, 0) is 4.79 Å². The molecule has 0 aliphatic heterocycles. The number of carbonyl (C=O) groups is 2. The number of pyridine rings is 1. The second-order valence-corrected chi connectivity index (χ2v) is 2.42. The van der Waals surface area contributed by atoms with E-state index in [2.05, 4.69) is 4.98 Å². The second-order valence-electron chi connectivity index (χ2n) is 2.42. The number of aldehydes is 1. The zero-order chi connectivity index (χ0) is 9.84. The number of rotatable bonds is 3. The molecule has 1 atom stereocenters. The molecule has 0 saturated heterocycles. The molecule has 3 N–H and O–H groups in total. The summed E-state index contributed by atoms with van der Waals surface area (Å²) in [6.45, 7) is 0. The van der Waals surface area contributed by atoms with Crippen LogP contribution in [-0.4, -0.2) is 22.3 Å². The lowest BCUT2D eigenvalue weighted by Gasteiger charge is -2.04. The number of aromatic nitrogens is 1. The number of nitrogens with zero attached hydrogens (tertiary/aromatic N) is 1. The SMILES string of the molecule is NC(C(=O)O)c1cccc(C=O)n1. The highest BCUT2D eigenvalue weighted by Crippen LogP contribution is 2.06. The molecule has 5 nitrogen and oxygen atoms in total. The van der Waals surface area contributed by atoms with Gasteiger partial charge in [-0.25, -0.2) is 4.98 Å². The summed E-state index contributed by atoms with van der Waals surface area (Å²) in [5.74, 6) is -1.17. The van der Waals surface area contributed by atoms with Gasteiger partial charge in [0.05, 0.1) is 5.69 Å². The maximum absolute atomic E-state index is 10.4. The van der Waals surface area contributed by atoms with E-state index in [0.717, 1.165) is 0 Å². The Bertz CT molecular complexity index is 338. The predicted octanol–water partition coefficient (Wildman–Crippen LogP) is -0.0215.